The molecule has 0 radical (unpaired) electrons. The molecule has 1 unspecified atom stereocenters. The van der Waals surface area contributed by atoms with Crippen molar-refractivity contribution in [2.24, 2.45) is 14.1 Å². The largest absolute Gasteiger partial charge is 0.346 e. The maximum atomic E-state index is 14.0. The van der Waals surface area contributed by atoms with Gasteiger partial charge in [0.1, 0.15) is 23.3 Å². The number of aryl methyl sites for hydroxylation is 2. The standard InChI is InChI=1S/C17H17F2N9/c1-9(14-12(19)4-10(18)5-20-14)23-17-25-15(24-13-7-27(2)8-21-13)11-6-22-28(3)16(11)26-17/h4-9H,1-3H3,(H2,23,24,25,26). The van der Waals surface area contributed by atoms with Gasteiger partial charge in [0, 0.05) is 26.4 Å². The average Bonchev–Trinajstić information content (AvgIpc) is 3.21. The van der Waals surface area contributed by atoms with E-state index in [9.17, 15) is 8.78 Å². The summed E-state index contributed by atoms with van der Waals surface area (Å²) in [4.78, 5) is 17.0. The fourth-order valence-corrected chi connectivity index (χ4v) is 2.79. The maximum Gasteiger partial charge on any atom is 0.227 e. The Labute approximate surface area is 158 Å². The lowest BCUT2D eigenvalue weighted by molar-refractivity contribution is 0.550. The van der Waals surface area contributed by atoms with Crippen LogP contribution in [0.1, 0.15) is 18.7 Å². The minimum Gasteiger partial charge on any atom is -0.346 e. The van der Waals surface area contributed by atoms with E-state index in [-0.39, 0.29) is 11.6 Å². The predicted molar refractivity (Wildman–Crippen MR) is 99.0 cm³/mol. The van der Waals surface area contributed by atoms with Crippen LogP contribution in [0.5, 0.6) is 0 Å². The van der Waals surface area contributed by atoms with Gasteiger partial charge in [0.15, 0.2) is 5.65 Å². The molecule has 0 fully saturated rings. The van der Waals surface area contributed by atoms with Crippen molar-refractivity contribution in [3.63, 3.8) is 0 Å². The number of aromatic nitrogens is 7. The molecule has 4 aromatic heterocycles. The molecular formula is C17H17F2N9. The second kappa shape index (κ2) is 6.83. The predicted octanol–water partition coefficient (Wildman–Crippen LogP) is 2.69. The number of nitrogens with one attached hydrogen (secondary N) is 2. The number of imidazole rings is 1. The van der Waals surface area contributed by atoms with E-state index in [2.05, 4.69) is 35.7 Å². The molecule has 0 bridgehead atoms. The highest BCUT2D eigenvalue weighted by Gasteiger charge is 2.17. The van der Waals surface area contributed by atoms with Crippen molar-refractivity contribution in [3.05, 3.63) is 48.3 Å². The molecule has 4 heterocycles. The Balaban J connectivity index is 1.69. The zero-order valence-corrected chi connectivity index (χ0v) is 15.4. The summed E-state index contributed by atoms with van der Waals surface area (Å²) >= 11 is 0. The molecule has 0 saturated heterocycles. The van der Waals surface area contributed by atoms with Crippen molar-refractivity contribution < 1.29 is 8.78 Å². The SMILES string of the molecule is CC(Nc1nc(Nc2cn(C)cn2)c2cnn(C)c2n1)c1ncc(F)cc1F. The topological polar surface area (TPSA) is 98.4 Å². The Morgan fingerprint density at radius 2 is 1.93 bits per heavy atom. The molecule has 1 atom stereocenters. The summed E-state index contributed by atoms with van der Waals surface area (Å²) in [5.41, 5.74) is 0.644. The minimum absolute atomic E-state index is 0.0642. The van der Waals surface area contributed by atoms with Crippen LogP contribution in [-0.2, 0) is 14.1 Å². The van der Waals surface area contributed by atoms with Gasteiger partial charge in [-0.25, -0.2) is 13.8 Å². The zero-order valence-electron chi connectivity index (χ0n) is 15.4. The highest BCUT2D eigenvalue weighted by Crippen LogP contribution is 2.26. The normalized spacial score (nSPS) is 12.3. The van der Waals surface area contributed by atoms with E-state index in [1.807, 2.05) is 7.05 Å². The molecule has 0 aliphatic rings. The van der Waals surface area contributed by atoms with Crippen molar-refractivity contribution in [2.75, 3.05) is 10.6 Å². The molecule has 0 saturated carbocycles. The number of fused-ring (bicyclic) bond motifs is 1. The molecule has 2 N–H and O–H groups in total. The number of nitrogens with zero attached hydrogens (tertiary/aromatic N) is 7. The van der Waals surface area contributed by atoms with Gasteiger partial charge in [-0.2, -0.15) is 15.1 Å². The van der Waals surface area contributed by atoms with Crippen LogP contribution in [0.2, 0.25) is 0 Å². The van der Waals surface area contributed by atoms with Crippen molar-refractivity contribution in [3.8, 4) is 0 Å². The zero-order chi connectivity index (χ0) is 19.8. The molecule has 9 nitrogen and oxygen atoms in total. The molecule has 0 aliphatic heterocycles. The maximum absolute atomic E-state index is 14.0. The number of hydrogen-bond donors (Lipinski definition) is 2. The van der Waals surface area contributed by atoms with Gasteiger partial charge >= 0.3 is 0 Å². The molecule has 0 amide bonds. The quantitative estimate of drug-likeness (QED) is 0.545. The van der Waals surface area contributed by atoms with Crippen LogP contribution in [0.25, 0.3) is 11.0 Å². The fourth-order valence-electron chi connectivity index (χ4n) is 2.79. The Morgan fingerprint density at radius 3 is 2.64 bits per heavy atom. The van der Waals surface area contributed by atoms with Gasteiger partial charge in [0.2, 0.25) is 5.95 Å². The highest BCUT2D eigenvalue weighted by molar-refractivity contribution is 5.89. The van der Waals surface area contributed by atoms with Crippen LogP contribution in [0.4, 0.5) is 26.4 Å². The van der Waals surface area contributed by atoms with Crippen LogP contribution in [0.3, 0.4) is 0 Å². The monoisotopic (exact) mass is 385 g/mol. The second-order valence-corrected chi connectivity index (χ2v) is 6.34. The first-order chi connectivity index (χ1) is 13.4. The average molecular weight is 385 g/mol. The van der Waals surface area contributed by atoms with Crippen LogP contribution in [-0.4, -0.2) is 34.3 Å². The molecule has 0 spiro atoms. The van der Waals surface area contributed by atoms with Gasteiger partial charge in [-0.1, -0.05) is 0 Å². The van der Waals surface area contributed by atoms with E-state index < -0.39 is 17.7 Å². The highest BCUT2D eigenvalue weighted by atomic mass is 19.1. The number of pyridine rings is 1. The summed E-state index contributed by atoms with van der Waals surface area (Å²) in [7, 11) is 3.62. The second-order valence-electron chi connectivity index (χ2n) is 6.34. The number of halogens is 2. The van der Waals surface area contributed by atoms with Crippen molar-refractivity contribution in [1.29, 1.82) is 0 Å². The molecule has 4 aromatic rings. The lowest BCUT2D eigenvalue weighted by Gasteiger charge is -2.15. The van der Waals surface area contributed by atoms with Crippen LogP contribution in [0.15, 0.2) is 31.0 Å². The van der Waals surface area contributed by atoms with E-state index in [1.165, 1.54) is 0 Å². The first-order valence-corrected chi connectivity index (χ1v) is 8.43. The Bertz CT molecular complexity index is 1150. The van der Waals surface area contributed by atoms with Gasteiger partial charge < -0.3 is 15.2 Å². The number of anilines is 3. The lowest BCUT2D eigenvalue weighted by atomic mass is 10.2. The number of hydrogen-bond acceptors (Lipinski definition) is 7. The van der Waals surface area contributed by atoms with Gasteiger partial charge in [-0.3, -0.25) is 9.67 Å². The van der Waals surface area contributed by atoms with Gasteiger partial charge in [-0.15, -0.1) is 0 Å². The third-order valence-electron chi connectivity index (χ3n) is 4.14. The van der Waals surface area contributed by atoms with Crippen LogP contribution < -0.4 is 10.6 Å². The molecular weight excluding hydrogens is 368 g/mol. The first-order valence-electron chi connectivity index (χ1n) is 8.43. The Morgan fingerprint density at radius 1 is 1.11 bits per heavy atom. The summed E-state index contributed by atoms with van der Waals surface area (Å²) in [6.07, 6.45) is 6.08. The molecule has 0 aromatic carbocycles. The van der Waals surface area contributed by atoms with E-state index in [0.717, 1.165) is 12.3 Å². The molecule has 11 heteroatoms. The van der Waals surface area contributed by atoms with Crippen LogP contribution in [0, 0.1) is 11.6 Å². The third kappa shape index (κ3) is 3.33. The van der Waals surface area contributed by atoms with E-state index in [4.69, 9.17) is 0 Å². The van der Waals surface area contributed by atoms with Gasteiger partial charge in [-0.05, 0) is 6.92 Å². The van der Waals surface area contributed by atoms with Gasteiger partial charge in [0.25, 0.3) is 0 Å². The minimum atomic E-state index is -0.742. The van der Waals surface area contributed by atoms with E-state index in [0.29, 0.717) is 22.7 Å². The Hall–Kier alpha value is -3.63. The Kier molecular flexibility index (Phi) is 4.34. The number of rotatable bonds is 5. The summed E-state index contributed by atoms with van der Waals surface area (Å²) in [5.74, 6) is -0.125. The molecule has 0 aliphatic carbocycles. The third-order valence-corrected chi connectivity index (χ3v) is 4.14. The van der Waals surface area contributed by atoms with E-state index >= 15 is 0 Å². The van der Waals surface area contributed by atoms with Crippen molar-refractivity contribution >= 4 is 28.6 Å². The summed E-state index contributed by atoms with van der Waals surface area (Å²) in [6.45, 7) is 1.69. The van der Waals surface area contributed by atoms with E-state index in [1.54, 1.807) is 41.9 Å². The van der Waals surface area contributed by atoms with Gasteiger partial charge in [0.05, 0.1) is 35.8 Å². The summed E-state index contributed by atoms with van der Waals surface area (Å²) < 4.78 is 30.5. The van der Waals surface area contributed by atoms with Crippen LogP contribution >= 0.6 is 0 Å². The first kappa shape index (κ1) is 17.8. The summed E-state index contributed by atoms with van der Waals surface area (Å²) in [5, 5.41) is 11.1. The lowest BCUT2D eigenvalue weighted by Crippen LogP contribution is -2.14. The fraction of sp³-hybridized carbons (Fsp3) is 0.235. The smallest absolute Gasteiger partial charge is 0.227 e. The molecule has 4 rings (SSSR count). The van der Waals surface area contributed by atoms with Crippen molar-refractivity contribution in [1.82, 2.24) is 34.3 Å². The summed E-state index contributed by atoms with van der Waals surface area (Å²) in [6, 6.07) is 0.202. The molecule has 144 valence electrons. The van der Waals surface area contributed by atoms with Crippen molar-refractivity contribution in [2.45, 2.75) is 13.0 Å². The molecule has 28 heavy (non-hydrogen) atoms.